The molecular weight excluding hydrogens is 272 g/mol. The monoisotopic (exact) mass is 286 g/mol. The van der Waals surface area contributed by atoms with Crippen LogP contribution in [0.5, 0.6) is 0 Å². The van der Waals surface area contributed by atoms with Crippen molar-refractivity contribution in [1.29, 1.82) is 0 Å². The van der Waals surface area contributed by atoms with Gasteiger partial charge in [0.2, 0.25) is 0 Å². The number of benzene rings is 1. The highest BCUT2D eigenvalue weighted by Gasteiger charge is 2.12. The van der Waals surface area contributed by atoms with Gasteiger partial charge in [-0.25, -0.2) is 4.98 Å². The van der Waals surface area contributed by atoms with Crippen molar-refractivity contribution < 1.29 is 9.90 Å². The van der Waals surface area contributed by atoms with Crippen LogP contribution in [0, 0.1) is 6.92 Å². The van der Waals surface area contributed by atoms with Crippen LogP contribution in [0.1, 0.15) is 16.3 Å². The number of carboxylic acid groups (broad SMARTS) is 1. The number of nitrogens with zero attached hydrogens (tertiary/aromatic N) is 2. The van der Waals surface area contributed by atoms with Crippen molar-refractivity contribution in [2.24, 2.45) is 0 Å². The van der Waals surface area contributed by atoms with Crippen molar-refractivity contribution in [3.05, 3.63) is 52.1 Å². The van der Waals surface area contributed by atoms with E-state index < -0.39 is 5.97 Å². The zero-order valence-electron chi connectivity index (χ0n) is 11.0. The van der Waals surface area contributed by atoms with Crippen LogP contribution in [0.25, 0.3) is 10.9 Å². The number of thiazole rings is 1. The number of carboxylic acids is 1. The fourth-order valence-corrected chi connectivity index (χ4v) is 3.15. The first-order valence-corrected chi connectivity index (χ1v) is 7.21. The summed E-state index contributed by atoms with van der Waals surface area (Å²) in [6.45, 7) is 2.66. The molecule has 4 nitrogen and oxygen atoms in total. The molecule has 0 amide bonds. The molecule has 0 fully saturated rings. The Hall–Kier alpha value is -2.14. The molecule has 2 aromatic heterocycles. The van der Waals surface area contributed by atoms with Gasteiger partial charge < -0.3 is 9.67 Å². The lowest BCUT2D eigenvalue weighted by molar-refractivity contribution is -0.136. The lowest BCUT2D eigenvalue weighted by atomic mass is 10.1. The second-order valence-corrected chi connectivity index (χ2v) is 5.70. The second kappa shape index (κ2) is 5.09. The van der Waals surface area contributed by atoms with Gasteiger partial charge in [-0.3, -0.25) is 4.79 Å². The Morgan fingerprint density at radius 3 is 2.90 bits per heavy atom. The smallest absolute Gasteiger partial charge is 0.307 e. The molecule has 0 bridgehead atoms. The van der Waals surface area contributed by atoms with Gasteiger partial charge in [0.15, 0.2) is 0 Å². The molecule has 0 unspecified atom stereocenters. The molecule has 0 atom stereocenters. The summed E-state index contributed by atoms with van der Waals surface area (Å²) in [7, 11) is 0. The average Bonchev–Trinajstić information content (AvgIpc) is 2.95. The number of fused-ring (bicyclic) bond motifs is 1. The van der Waals surface area contributed by atoms with Gasteiger partial charge in [-0.15, -0.1) is 11.3 Å². The molecule has 1 N–H and O–H groups in total. The maximum absolute atomic E-state index is 11.0. The Morgan fingerprint density at radius 1 is 1.40 bits per heavy atom. The molecular formula is C15H14N2O2S. The summed E-state index contributed by atoms with van der Waals surface area (Å²) in [5.74, 6) is -0.807. The van der Waals surface area contributed by atoms with Crippen LogP contribution >= 0.6 is 11.3 Å². The van der Waals surface area contributed by atoms with Crippen LogP contribution in [0.4, 0.5) is 0 Å². The molecule has 1 aromatic carbocycles. The van der Waals surface area contributed by atoms with E-state index in [4.69, 9.17) is 5.11 Å². The van der Waals surface area contributed by atoms with E-state index in [9.17, 15) is 4.79 Å². The zero-order valence-corrected chi connectivity index (χ0v) is 11.9. The summed E-state index contributed by atoms with van der Waals surface area (Å²) < 4.78 is 2.08. The molecule has 3 rings (SSSR count). The molecule has 102 valence electrons. The third kappa shape index (κ3) is 2.44. The van der Waals surface area contributed by atoms with E-state index in [1.165, 1.54) is 0 Å². The van der Waals surface area contributed by atoms with Crippen molar-refractivity contribution in [1.82, 2.24) is 9.55 Å². The standard InChI is InChI=1S/C15H14N2O2S/c1-10-9-20-14(16-10)8-17-7-11(6-15(18)19)12-4-2-3-5-13(12)17/h2-5,7,9H,6,8H2,1H3,(H,18,19). The number of aliphatic carboxylic acids is 1. The fraction of sp³-hybridized carbons (Fsp3) is 0.200. The van der Waals surface area contributed by atoms with Gasteiger partial charge in [0.1, 0.15) is 5.01 Å². The maximum Gasteiger partial charge on any atom is 0.307 e. The zero-order chi connectivity index (χ0) is 14.1. The number of aromatic nitrogens is 2. The van der Waals surface area contributed by atoms with Crippen LogP contribution in [0.15, 0.2) is 35.8 Å². The van der Waals surface area contributed by atoms with Crippen LogP contribution in [0.2, 0.25) is 0 Å². The van der Waals surface area contributed by atoms with E-state index in [2.05, 4.69) is 9.55 Å². The highest BCUT2D eigenvalue weighted by atomic mass is 32.1. The SMILES string of the molecule is Cc1csc(Cn2cc(CC(=O)O)c3ccccc32)n1. The summed E-state index contributed by atoms with van der Waals surface area (Å²) in [5, 5.41) is 13.1. The fourth-order valence-electron chi connectivity index (χ4n) is 2.38. The molecule has 0 aliphatic rings. The first-order chi connectivity index (χ1) is 9.63. The predicted octanol–water partition coefficient (Wildman–Crippen LogP) is 3.08. The molecule has 0 saturated heterocycles. The number of hydrogen-bond acceptors (Lipinski definition) is 3. The third-order valence-electron chi connectivity index (χ3n) is 3.18. The van der Waals surface area contributed by atoms with E-state index in [0.29, 0.717) is 6.54 Å². The molecule has 0 aliphatic carbocycles. The highest BCUT2D eigenvalue weighted by Crippen LogP contribution is 2.23. The van der Waals surface area contributed by atoms with E-state index in [1.54, 1.807) is 11.3 Å². The quantitative estimate of drug-likeness (QED) is 0.802. The predicted molar refractivity (Wildman–Crippen MR) is 79.2 cm³/mol. The molecule has 20 heavy (non-hydrogen) atoms. The van der Waals surface area contributed by atoms with Crippen LogP contribution in [-0.4, -0.2) is 20.6 Å². The Bertz CT molecular complexity index is 773. The highest BCUT2D eigenvalue weighted by molar-refractivity contribution is 7.09. The number of rotatable bonds is 4. The van der Waals surface area contributed by atoms with E-state index >= 15 is 0 Å². The minimum absolute atomic E-state index is 0.0460. The van der Waals surface area contributed by atoms with E-state index in [-0.39, 0.29) is 6.42 Å². The molecule has 2 heterocycles. The maximum atomic E-state index is 11.0. The number of hydrogen-bond donors (Lipinski definition) is 1. The first kappa shape index (κ1) is 12.9. The number of para-hydroxylation sites is 1. The molecule has 5 heteroatoms. The van der Waals surface area contributed by atoms with Crippen molar-refractivity contribution in [3.63, 3.8) is 0 Å². The summed E-state index contributed by atoms with van der Waals surface area (Å²) in [4.78, 5) is 15.4. The van der Waals surface area contributed by atoms with Gasteiger partial charge in [-0.2, -0.15) is 0 Å². The molecule has 3 aromatic rings. The Kier molecular flexibility index (Phi) is 3.28. The van der Waals surface area contributed by atoms with Gasteiger partial charge >= 0.3 is 5.97 Å². The topological polar surface area (TPSA) is 55.1 Å². The van der Waals surface area contributed by atoms with Crippen molar-refractivity contribution in [2.45, 2.75) is 19.9 Å². The first-order valence-electron chi connectivity index (χ1n) is 6.33. The van der Waals surface area contributed by atoms with Crippen molar-refractivity contribution in [2.75, 3.05) is 0 Å². The lowest BCUT2D eigenvalue weighted by Crippen LogP contribution is -2.00. The minimum Gasteiger partial charge on any atom is -0.481 e. The van der Waals surface area contributed by atoms with Gasteiger partial charge in [0.05, 0.1) is 13.0 Å². The average molecular weight is 286 g/mol. The summed E-state index contributed by atoms with van der Waals surface area (Å²) in [6.07, 6.45) is 1.97. The molecule has 0 aliphatic heterocycles. The molecule has 0 saturated carbocycles. The van der Waals surface area contributed by atoms with Crippen LogP contribution in [0.3, 0.4) is 0 Å². The summed E-state index contributed by atoms with van der Waals surface area (Å²) in [6, 6.07) is 7.89. The molecule has 0 spiro atoms. The van der Waals surface area contributed by atoms with Gasteiger partial charge in [0, 0.05) is 28.2 Å². The van der Waals surface area contributed by atoms with E-state index in [1.807, 2.05) is 42.8 Å². The minimum atomic E-state index is -0.807. The largest absolute Gasteiger partial charge is 0.481 e. The van der Waals surface area contributed by atoms with Crippen molar-refractivity contribution in [3.8, 4) is 0 Å². The Balaban J connectivity index is 2.04. The van der Waals surface area contributed by atoms with Crippen LogP contribution < -0.4 is 0 Å². The normalized spacial score (nSPS) is 11.1. The summed E-state index contributed by atoms with van der Waals surface area (Å²) in [5.41, 5.74) is 2.92. The Morgan fingerprint density at radius 2 is 2.20 bits per heavy atom. The van der Waals surface area contributed by atoms with Gasteiger partial charge in [-0.1, -0.05) is 18.2 Å². The number of carbonyl (C=O) groups is 1. The Labute approximate surface area is 120 Å². The third-order valence-corrected chi connectivity index (χ3v) is 4.14. The molecule has 0 radical (unpaired) electrons. The van der Waals surface area contributed by atoms with Gasteiger partial charge in [0.25, 0.3) is 0 Å². The second-order valence-electron chi connectivity index (χ2n) is 4.75. The number of aryl methyl sites for hydroxylation is 1. The lowest BCUT2D eigenvalue weighted by Gasteiger charge is -2.01. The van der Waals surface area contributed by atoms with E-state index in [0.717, 1.165) is 27.2 Å². The van der Waals surface area contributed by atoms with Gasteiger partial charge in [-0.05, 0) is 18.6 Å². The van der Waals surface area contributed by atoms with Crippen LogP contribution in [-0.2, 0) is 17.8 Å². The summed E-state index contributed by atoms with van der Waals surface area (Å²) >= 11 is 1.63. The van der Waals surface area contributed by atoms with Crippen molar-refractivity contribution >= 4 is 28.2 Å².